The molecule has 0 aliphatic heterocycles. The zero-order chi connectivity index (χ0) is 11.0. The van der Waals surface area contributed by atoms with E-state index in [1.807, 2.05) is 13.8 Å². The van der Waals surface area contributed by atoms with Crippen LogP contribution in [-0.2, 0) is 4.84 Å². The fourth-order valence-corrected chi connectivity index (χ4v) is 0.665. The zero-order valence-corrected chi connectivity index (χ0v) is 8.70. The quantitative estimate of drug-likeness (QED) is 0.423. The van der Waals surface area contributed by atoms with Gasteiger partial charge in [0.2, 0.25) is 0 Å². The molecule has 0 saturated heterocycles. The molecule has 0 fully saturated rings. The van der Waals surface area contributed by atoms with Gasteiger partial charge in [-0.05, 0) is 26.7 Å². The van der Waals surface area contributed by atoms with Gasteiger partial charge in [-0.1, -0.05) is 5.16 Å². The third-order valence-corrected chi connectivity index (χ3v) is 1.62. The molecule has 1 N–H and O–H groups in total. The van der Waals surface area contributed by atoms with Crippen molar-refractivity contribution < 1.29 is 9.63 Å². The summed E-state index contributed by atoms with van der Waals surface area (Å²) in [5.74, 6) is 0. The predicted molar refractivity (Wildman–Crippen MR) is 52.7 cm³/mol. The predicted octanol–water partition coefficient (Wildman–Crippen LogP) is 1.66. The number of oxime groups is 1. The highest BCUT2D eigenvalue weighted by Crippen LogP contribution is 2.19. The van der Waals surface area contributed by atoms with Gasteiger partial charge >= 0.3 is 6.09 Å². The van der Waals surface area contributed by atoms with Gasteiger partial charge in [0.1, 0.15) is 0 Å². The molecule has 0 spiro atoms. The number of carbonyl (C=O) groups is 1. The molecule has 0 rings (SSSR count). The van der Waals surface area contributed by atoms with Gasteiger partial charge in [-0.3, -0.25) is 4.84 Å². The van der Waals surface area contributed by atoms with E-state index in [1.54, 1.807) is 0 Å². The zero-order valence-electron chi connectivity index (χ0n) is 8.70. The largest absolute Gasteiger partial charge is 0.433 e. The van der Waals surface area contributed by atoms with E-state index >= 15 is 0 Å². The second-order valence-corrected chi connectivity index (χ2v) is 3.45. The minimum atomic E-state index is -0.596. The molecule has 0 aromatic carbocycles. The van der Waals surface area contributed by atoms with E-state index in [0.29, 0.717) is 12.8 Å². The van der Waals surface area contributed by atoms with Crippen LogP contribution in [0.1, 0.15) is 26.7 Å². The van der Waals surface area contributed by atoms with Gasteiger partial charge in [0, 0.05) is 13.3 Å². The molecule has 0 heterocycles. The van der Waals surface area contributed by atoms with Crippen LogP contribution in [0.25, 0.3) is 0 Å². The Bertz CT molecular complexity index is 253. The normalized spacial score (nSPS) is 11.0. The molecule has 0 saturated carbocycles. The van der Waals surface area contributed by atoms with Crippen LogP contribution >= 0.6 is 0 Å². The molecular weight excluding hydrogens is 182 g/mol. The van der Waals surface area contributed by atoms with Crippen molar-refractivity contribution in [3.8, 4) is 6.07 Å². The van der Waals surface area contributed by atoms with Crippen molar-refractivity contribution >= 4 is 12.3 Å². The molecule has 0 aromatic heterocycles. The van der Waals surface area contributed by atoms with Crippen molar-refractivity contribution in [2.45, 2.75) is 26.7 Å². The summed E-state index contributed by atoms with van der Waals surface area (Å²) < 4.78 is 0. The van der Waals surface area contributed by atoms with Gasteiger partial charge < -0.3 is 5.32 Å². The van der Waals surface area contributed by atoms with E-state index in [9.17, 15) is 4.79 Å². The first-order valence-corrected chi connectivity index (χ1v) is 4.33. The van der Waals surface area contributed by atoms with E-state index in [1.165, 1.54) is 13.3 Å². The van der Waals surface area contributed by atoms with Crippen molar-refractivity contribution in [3.05, 3.63) is 0 Å². The SMILES string of the molecule is CNC(=O)ON=CCCC(C)(C)C#N. The maximum atomic E-state index is 10.5. The molecule has 0 aliphatic carbocycles. The third kappa shape index (κ3) is 6.00. The molecule has 14 heavy (non-hydrogen) atoms. The second kappa shape index (κ2) is 5.97. The summed E-state index contributed by atoms with van der Waals surface area (Å²) >= 11 is 0. The Balaban J connectivity index is 3.65. The summed E-state index contributed by atoms with van der Waals surface area (Å²) in [6, 6.07) is 2.17. The molecule has 78 valence electrons. The fourth-order valence-electron chi connectivity index (χ4n) is 0.665. The lowest BCUT2D eigenvalue weighted by molar-refractivity contribution is 0.153. The Morgan fingerprint density at radius 1 is 1.71 bits per heavy atom. The number of nitrogens with zero attached hydrogens (tertiary/aromatic N) is 2. The van der Waals surface area contributed by atoms with Gasteiger partial charge in [0.25, 0.3) is 0 Å². The minimum absolute atomic E-state index is 0.362. The molecule has 0 radical (unpaired) electrons. The Kier molecular flexibility index (Phi) is 5.30. The number of hydrogen-bond donors (Lipinski definition) is 1. The number of hydrogen-bond acceptors (Lipinski definition) is 4. The van der Waals surface area contributed by atoms with Crippen LogP contribution in [0.3, 0.4) is 0 Å². The Morgan fingerprint density at radius 3 is 2.86 bits per heavy atom. The fraction of sp³-hybridized carbons (Fsp3) is 0.667. The maximum Gasteiger partial charge on any atom is 0.433 e. The Hall–Kier alpha value is -1.57. The van der Waals surface area contributed by atoms with E-state index in [0.717, 1.165) is 0 Å². The number of carbonyl (C=O) groups excluding carboxylic acids is 1. The van der Waals surface area contributed by atoms with Crippen LogP contribution < -0.4 is 5.32 Å². The van der Waals surface area contributed by atoms with Crippen molar-refractivity contribution in [3.63, 3.8) is 0 Å². The maximum absolute atomic E-state index is 10.5. The number of rotatable bonds is 4. The Morgan fingerprint density at radius 2 is 2.36 bits per heavy atom. The monoisotopic (exact) mass is 197 g/mol. The highest BCUT2D eigenvalue weighted by molar-refractivity contribution is 5.67. The van der Waals surface area contributed by atoms with Gasteiger partial charge in [-0.2, -0.15) is 5.26 Å². The summed E-state index contributed by atoms with van der Waals surface area (Å²) in [6.07, 6.45) is 2.18. The molecule has 0 bridgehead atoms. The van der Waals surface area contributed by atoms with E-state index in [-0.39, 0.29) is 5.41 Å². The van der Waals surface area contributed by atoms with Crippen LogP contribution in [0, 0.1) is 16.7 Å². The van der Waals surface area contributed by atoms with Gasteiger partial charge in [-0.25, -0.2) is 4.79 Å². The molecule has 0 aliphatic rings. The van der Waals surface area contributed by atoms with Gasteiger partial charge in [0.15, 0.2) is 0 Å². The van der Waals surface area contributed by atoms with Crippen LogP contribution in [0.2, 0.25) is 0 Å². The molecule has 5 heteroatoms. The van der Waals surface area contributed by atoms with Crippen molar-refractivity contribution in [1.82, 2.24) is 5.32 Å². The average molecular weight is 197 g/mol. The van der Waals surface area contributed by atoms with Crippen LogP contribution in [-0.4, -0.2) is 19.4 Å². The standard InChI is InChI=1S/C9H15N3O2/c1-9(2,7-10)5-4-6-12-14-8(13)11-3/h6H,4-5H2,1-3H3,(H,11,13). The number of nitrogens with one attached hydrogen (secondary N) is 1. The van der Waals surface area contributed by atoms with Crippen LogP contribution in [0.15, 0.2) is 5.16 Å². The summed E-state index contributed by atoms with van der Waals surface area (Å²) in [5.41, 5.74) is -0.362. The van der Waals surface area contributed by atoms with Crippen LogP contribution in [0.5, 0.6) is 0 Å². The molecule has 0 atom stereocenters. The highest BCUT2D eigenvalue weighted by Gasteiger charge is 2.14. The first-order chi connectivity index (χ1) is 6.52. The summed E-state index contributed by atoms with van der Waals surface area (Å²) in [7, 11) is 1.46. The lowest BCUT2D eigenvalue weighted by atomic mass is 9.90. The van der Waals surface area contributed by atoms with Gasteiger partial charge in [0.05, 0.1) is 11.5 Å². The van der Waals surface area contributed by atoms with Crippen LogP contribution in [0.4, 0.5) is 4.79 Å². The molecule has 0 unspecified atom stereocenters. The van der Waals surface area contributed by atoms with E-state index < -0.39 is 6.09 Å². The minimum Gasteiger partial charge on any atom is -0.323 e. The molecular formula is C9H15N3O2. The smallest absolute Gasteiger partial charge is 0.323 e. The van der Waals surface area contributed by atoms with Gasteiger partial charge in [-0.15, -0.1) is 0 Å². The topological polar surface area (TPSA) is 74.5 Å². The van der Waals surface area contributed by atoms with Crippen molar-refractivity contribution in [1.29, 1.82) is 5.26 Å². The summed E-state index contributed by atoms with van der Waals surface area (Å²) in [5, 5.41) is 14.4. The lowest BCUT2D eigenvalue weighted by Crippen LogP contribution is -2.16. The first-order valence-electron chi connectivity index (χ1n) is 4.33. The summed E-state index contributed by atoms with van der Waals surface area (Å²) in [6.45, 7) is 3.70. The summed E-state index contributed by atoms with van der Waals surface area (Å²) in [4.78, 5) is 14.9. The highest BCUT2D eigenvalue weighted by atomic mass is 16.7. The lowest BCUT2D eigenvalue weighted by Gasteiger charge is -2.11. The van der Waals surface area contributed by atoms with E-state index in [4.69, 9.17) is 5.26 Å². The number of amides is 1. The molecule has 0 aromatic rings. The number of nitriles is 1. The van der Waals surface area contributed by atoms with E-state index in [2.05, 4.69) is 21.4 Å². The second-order valence-electron chi connectivity index (χ2n) is 3.45. The average Bonchev–Trinajstić information content (AvgIpc) is 2.17. The van der Waals surface area contributed by atoms with Crippen molar-refractivity contribution in [2.75, 3.05) is 7.05 Å². The first kappa shape index (κ1) is 12.4. The van der Waals surface area contributed by atoms with Crippen molar-refractivity contribution in [2.24, 2.45) is 10.6 Å². The molecule has 5 nitrogen and oxygen atoms in total. The third-order valence-electron chi connectivity index (χ3n) is 1.62. The molecule has 1 amide bonds. The Labute approximate surface area is 83.7 Å².